The van der Waals surface area contributed by atoms with E-state index in [4.69, 9.17) is 11.6 Å². The molecule has 0 atom stereocenters. The van der Waals surface area contributed by atoms with E-state index in [1.54, 1.807) is 4.90 Å². The van der Waals surface area contributed by atoms with Crippen molar-refractivity contribution in [1.29, 1.82) is 0 Å². The lowest BCUT2D eigenvalue weighted by Crippen LogP contribution is -2.35. The van der Waals surface area contributed by atoms with Gasteiger partial charge in [0, 0.05) is 22.3 Å². The maximum absolute atomic E-state index is 13.1. The Kier molecular flexibility index (Phi) is 4.43. The van der Waals surface area contributed by atoms with E-state index in [2.05, 4.69) is 6.07 Å². The number of thiophene rings is 1. The fourth-order valence-electron chi connectivity index (χ4n) is 3.44. The first-order chi connectivity index (χ1) is 12.8. The topological polar surface area (TPSA) is 20.3 Å². The summed E-state index contributed by atoms with van der Waals surface area (Å²) in [5.41, 5.74) is 2.33. The molecule has 2 nitrogen and oxygen atoms in total. The Bertz CT molecular complexity index is 1060. The van der Waals surface area contributed by atoms with Crippen molar-refractivity contribution < 1.29 is 18.0 Å². The van der Waals surface area contributed by atoms with Crippen LogP contribution in [0.2, 0.25) is 5.02 Å². The zero-order valence-electron chi connectivity index (χ0n) is 14.4. The maximum atomic E-state index is 13.1. The molecule has 1 aliphatic heterocycles. The molecule has 7 heteroatoms. The molecule has 1 aliphatic rings. The van der Waals surface area contributed by atoms with Crippen molar-refractivity contribution in [3.8, 4) is 0 Å². The van der Waals surface area contributed by atoms with Crippen LogP contribution in [0.4, 0.5) is 18.9 Å². The first-order valence-corrected chi connectivity index (χ1v) is 9.66. The molecule has 0 N–H and O–H groups in total. The number of anilines is 1. The van der Waals surface area contributed by atoms with Crippen molar-refractivity contribution in [2.24, 2.45) is 0 Å². The highest BCUT2D eigenvalue weighted by Gasteiger charge is 2.32. The number of halogens is 4. The van der Waals surface area contributed by atoms with Crippen LogP contribution in [0.3, 0.4) is 0 Å². The van der Waals surface area contributed by atoms with Crippen LogP contribution in [0, 0.1) is 6.92 Å². The van der Waals surface area contributed by atoms with Crippen LogP contribution in [0.15, 0.2) is 36.4 Å². The predicted octanol–water partition coefficient (Wildman–Crippen LogP) is 6.47. The number of alkyl halides is 3. The highest BCUT2D eigenvalue weighted by molar-refractivity contribution is 7.21. The van der Waals surface area contributed by atoms with Crippen LogP contribution in [0.25, 0.3) is 10.1 Å². The number of carbonyl (C=O) groups excluding carboxylic acids is 1. The molecule has 140 valence electrons. The van der Waals surface area contributed by atoms with E-state index in [0.29, 0.717) is 16.6 Å². The summed E-state index contributed by atoms with van der Waals surface area (Å²) in [6.45, 7) is 2.56. The van der Waals surface area contributed by atoms with Crippen LogP contribution in [0.5, 0.6) is 0 Å². The summed E-state index contributed by atoms with van der Waals surface area (Å²) in [5.74, 6) is -0.264. The van der Waals surface area contributed by atoms with Gasteiger partial charge in [0.2, 0.25) is 0 Å². The van der Waals surface area contributed by atoms with E-state index in [0.717, 1.165) is 53.1 Å². The van der Waals surface area contributed by atoms with Gasteiger partial charge >= 0.3 is 6.18 Å². The van der Waals surface area contributed by atoms with Gasteiger partial charge in [-0.05, 0) is 43.5 Å². The number of fused-ring (bicyclic) bond motifs is 2. The molecule has 0 spiro atoms. The fourth-order valence-corrected chi connectivity index (χ4v) is 4.94. The summed E-state index contributed by atoms with van der Waals surface area (Å²) in [6, 6.07) is 9.32. The van der Waals surface area contributed by atoms with E-state index < -0.39 is 11.7 Å². The van der Waals surface area contributed by atoms with Gasteiger partial charge in [-0.3, -0.25) is 4.79 Å². The summed E-state index contributed by atoms with van der Waals surface area (Å²) >= 11 is 7.38. The highest BCUT2D eigenvalue weighted by Crippen LogP contribution is 2.41. The van der Waals surface area contributed by atoms with Crippen molar-refractivity contribution in [3.05, 3.63) is 63.0 Å². The number of rotatable bonds is 1. The van der Waals surface area contributed by atoms with Gasteiger partial charge in [-0.1, -0.05) is 35.4 Å². The van der Waals surface area contributed by atoms with Gasteiger partial charge in [-0.2, -0.15) is 13.2 Å². The monoisotopic (exact) mass is 409 g/mol. The van der Waals surface area contributed by atoms with Gasteiger partial charge in [-0.15, -0.1) is 11.3 Å². The summed E-state index contributed by atoms with van der Waals surface area (Å²) in [7, 11) is 0. The minimum Gasteiger partial charge on any atom is -0.307 e. The molecule has 2 heterocycles. The van der Waals surface area contributed by atoms with E-state index in [1.165, 1.54) is 6.07 Å². The van der Waals surface area contributed by atoms with Crippen molar-refractivity contribution in [3.63, 3.8) is 0 Å². The smallest absolute Gasteiger partial charge is 0.307 e. The van der Waals surface area contributed by atoms with Crippen LogP contribution < -0.4 is 4.90 Å². The second-order valence-electron chi connectivity index (χ2n) is 6.65. The zero-order valence-corrected chi connectivity index (χ0v) is 15.9. The predicted molar refractivity (Wildman–Crippen MR) is 103 cm³/mol. The molecule has 0 unspecified atom stereocenters. The summed E-state index contributed by atoms with van der Waals surface area (Å²) < 4.78 is 39.3. The molecule has 3 aromatic rings. The third-order valence-electron chi connectivity index (χ3n) is 4.75. The fraction of sp³-hybridized carbons (Fsp3) is 0.250. The number of amides is 1. The molecule has 2 aromatic carbocycles. The second-order valence-corrected chi connectivity index (χ2v) is 8.08. The number of aryl methyl sites for hydroxylation is 2. The standard InChI is InChI=1S/C20H15ClF3NOS/c1-11-4-7-15-12(9-11)3-2-8-25(15)19(26)18-17(21)14-6-5-13(20(22,23)24)10-16(14)27-18/h4-7,9-10H,2-3,8H2,1H3. The SMILES string of the molecule is Cc1ccc2c(c1)CCCN2C(=O)c1sc2cc(C(F)(F)F)ccc2c1Cl. The molecule has 0 aliphatic carbocycles. The highest BCUT2D eigenvalue weighted by atomic mass is 35.5. The Morgan fingerprint density at radius 1 is 1.19 bits per heavy atom. The molecule has 0 fully saturated rings. The minimum atomic E-state index is -4.43. The van der Waals surface area contributed by atoms with Gasteiger partial charge in [0.15, 0.2) is 0 Å². The minimum absolute atomic E-state index is 0.216. The number of hydrogen-bond acceptors (Lipinski definition) is 2. The van der Waals surface area contributed by atoms with E-state index in [9.17, 15) is 18.0 Å². The summed E-state index contributed by atoms with van der Waals surface area (Å²) in [4.78, 5) is 15.1. The lowest BCUT2D eigenvalue weighted by molar-refractivity contribution is -0.137. The average molecular weight is 410 g/mol. The number of nitrogens with zero attached hydrogens (tertiary/aromatic N) is 1. The Morgan fingerprint density at radius 3 is 2.70 bits per heavy atom. The molecule has 0 bridgehead atoms. The third kappa shape index (κ3) is 3.21. The lowest BCUT2D eigenvalue weighted by atomic mass is 9.99. The van der Waals surface area contributed by atoms with Gasteiger partial charge < -0.3 is 4.90 Å². The molecule has 0 saturated carbocycles. The molecule has 4 rings (SSSR count). The third-order valence-corrected chi connectivity index (χ3v) is 6.39. The number of hydrogen-bond donors (Lipinski definition) is 0. The van der Waals surface area contributed by atoms with Crippen molar-refractivity contribution in [1.82, 2.24) is 0 Å². The van der Waals surface area contributed by atoms with Crippen LogP contribution in [-0.2, 0) is 12.6 Å². The Hall–Kier alpha value is -2.05. The first-order valence-electron chi connectivity index (χ1n) is 8.46. The Labute approximate surface area is 163 Å². The number of benzene rings is 2. The van der Waals surface area contributed by atoms with Gasteiger partial charge in [0.1, 0.15) is 4.88 Å². The molecular formula is C20H15ClF3NOS. The van der Waals surface area contributed by atoms with E-state index in [-0.39, 0.29) is 15.8 Å². The number of carbonyl (C=O) groups is 1. The molecule has 1 aromatic heterocycles. The van der Waals surface area contributed by atoms with E-state index >= 15 is 0 Å². The quantitative estimate of drug-likeness (QED) is 0.450. The Balaban J connectivity index is 1.77. The molecule has 0 radical (unpaired) electrons. The van der Waals surface area contributed by atoms with Crippen LogP contribution in [0.1, 0.15) is 32.8 Å². The normalized spacial score (nSPS) is 14.5. The summed E-state index contributed by atoms with van der Waals surface area (Å²) in [5, 5.41) is 0.687. The van der Waals surface area contributed by atoms with Crippen molar-refractivity contribution in [2.75, 3.05) is 11.4 Å². The molecule has 0 saturated heterocycles. The molecular weight excluding hydrogens is 395 g/mol. The van der Waals surface area contributed by atoms with Crippen LogP contribution in [-0.4, -0.2) is 12.5 Å². The van der Waals surface area contributed by atoms with Crippen LogP contribution >= 0.6 is 22.9 Å². The van der Waals surface area contributed by atoms with Gasteiger partial charge in [0.25, 0.3) is 5.91 Å². The van der Waals surface area contributed by atoms with Crippen molar-refractivity contribution >= 4 is 44.6 Å². The second kappa shape index (κ2) is 6.53. The zero-order chi connectivity index (χ0) is 19.3. The van der Waals surface area contributed by atoms with Crippen molar-refractivity contribution in [2.45, 2.75) is 25.9 Å². The van der Waals surface area contributed by atoms with Gasteiger partial charge in [-0.25, -0.2) is 0 Å². The molecule has 27 heavy (non-hydrogen) atoms. The Morgan fingerprint density at radius 2 is 1.96 bits per heavy atom. The first kappa shape index (κ1) is 18.3. The summed E-state index contributed by atoms with van der Waals surface area (Å²) in [6.07, 6.45) is -2.70. The average Bonchev–Trinajstić information content (AvgIpc) is 2.96. The van der Waals surface area contributed by atoms with Gasteiger partial charge in [0.05, 0.1) is 10.6 Å². The van der Waals surface area contributed by atoms with E-state index in [1.807, 2.05) is 19.1 Å². The largest absolute Gasteiger partial charge is 0.416 e. The maximum Gasteiger partial charge on any atom is 0.416 e. The lowest BCUT2D eigenvalue weighted by Gasteiger charge is -2.29. The molecule has 1 amide bonds.